The molecule has 2 unspecified atom stereocenters. The Kier molecular flexibility index (Phi) is 10.1. The zero-order valence-corrected chi connectivity index (χ0v) is 22.3. The van der Waals surface area contributed by atoms with E-state index in [4.69, 9.17) is 4.99 Å². The molecule has 0 aromatic heterocycles. The molecule has 32 heavy (non-hydrogen) atoms. The van der Waals surface area contributed by atoms with Gasteiger partial charge in [0.05, 0.1) is 15.9 Å². The maximum absolute atomic E-state index is 4.96. The van der Waals surface area contributed by atoms with Crippen LogP contribution in [0.25, 0.3) is 0 Å². The molecule has 0 spiro atoms. The standard InChI is InChI=1S/C26H37BrN4S/c1-19-8-5-6-10-24(19)26(30-21(3)25(27)16-28-4)14-20(2)29-15-22-9-7-12-31(17-22)23-11-13-32-18-23/h5-6,8,10,14,16,22-23,29H,7,9,11-13,15,17-18H2,1-4H3/b20-14+,25-21-,28-16?,30-26+. The van der Waals surface area contributed by atoms with E-state index in [1.54, 1.807) is 13.3 Å². The van der Waals surface area contributed by atoms with Crippen molar-refractivity contribution in [3.05, 3.63) is 57.3 Å². The van der Waals surface area contributed by atoms with E-state index in [0.29, 0.717) is 5.92 Å². The number of aryl methyl sites for hydroxylation is 1. The van der Waals surface area contributed by atoms with Crippen molar-refractivity contribution in [2.24, 2.45) is 15.9 Å². The van der Waals surface area contributed by atoms with Crippen LogP contribution in [0, 0.1) is 12.8 Å². The number of nitrogens with zero attached hydrogens (tertiary/aromatic N) is 3. The van der Waals surface area contributed by atoms with Crippen LogP contribution >= 0.6 is 27.7 Å². The van der Waals surface area contributed by atoms with Crippen LogP contribution < -0.4 is 5.32 Å². The Bertz CT molecular complexity index is 884. The van der Waals surface area contributed by atoms with Crippen LogP contribution in [-0.2, 0) is 0 Å². The molecule has 0 bridgehead atoms. The Balaban J connectivity index is 1.72. The third kappa shape index (κ3) is 7.32. The molecular weight excluding hydrogens is 480 g/mol. The molecule has 3 rings (SSSR count). The number of rotatable bonds is 8. The minimum absolute atomic E-state index is 0.716. The summed E-state index contributed by atoms with van der Waals surface area (Å²) in [4.78, 5) is 11.8. The van der Waals surface area contributed by atoms with Crippen molar-refractivity contribution in [3.8, 4) is 0 Å². The zero-order chi connectivity index (χ0) is 22.9. The molecule has 2 atom stereocenters. The summed E-state index contributed by atoms with van der Waals surface area (Å²) in [5.41, 5.74) is 5.43. The van der Waals surface area contributed by atoms with E-state index in [9.17, 15) is 0 Å². The van der Waals surface area contributed by atoms with Gasteiger partial charge in [0.1, 0.15) is 0 Å². The quantitative estimate of drug-likeness (QED) is 0.442. The number of benzene rings is 1. The third-order valence-corrected chi connectivity index (χ3v) is 8.22. The molecule has 174 valence electrons. The summed E-state index contributed by atoms with van der Waals surface area (Å²) in [6.45, 7) is 9.85. The number of hydrogen-bond acceptors (Lipinski definition) is 5. The van der Waals surface area contributed by atoms with E-state index in [0.717, 1.165) is 39.7 Å². The lowest BCUT2D eigenvalue weighted by atomic mass is 9.96. The minimum Gasteiger partial charge on any atom is -0.388 e. The van der Waals surface area contributed by atoms with Gasteiger partial charge in [-0.05, 0) is 85.8 Å². The third-order valence-electron chi connectivity index (χ3n) is 6.29. The number of likely N-dealkylation sites (tertiary alicyclic amines) is 1. The van der Waals surface area contributed by atoms with E-state index in [1.807, 2.05) is 6.92 Å². The van der Waals surface area contributed by atoms with E-state index < -0.39 is 0 Å². The van der Waals surface area contributed by atoms with Crippen LogP contribution in [0.15, 0.2) is 56.2 Å². The molecule has 0 saturated carbocycles. The first kappa shape index (κ1) is 25.3. The zero-order valence-electron chi connectivity index (χ0n) is 19.9. The van der Waals surface area contributed by atoms with Crippen LogP contribution in [0.1, 0.15) is 44.2 Å². The predicted octanol–water partition coefficient (Wildman–Crippen LogP) is 5.82. The molecule has 1 aromatic carbocycles. The fourth-order valence-corrected chi connectivity index (χ4v) is 5.99. The minimum atomic E-state index is 0.716. The summed E-state index contributed by atoms with van der Waals surface area (Å²) < 4.78 is 0.900. The molecule has 0 radical (unpaired) electrons. The fraction of sp³-hybridized carbons (Fsp3) is 0.538. The maximum Gasteiger partial charge on any atom is 0.0725 e. The van der Waals surface area contributed by atoms with Gasteiger partial charge in [0.2, 0.25) is 0 Å². The van der Waals surface area contributed by atoms with E-state index in [-0.39, 0.29) is 0 Å². The van der Waals surface area contributed by atoms with Crippen molar-refractivity contribution in [2.45, 2.75) is 46.1 Å². The van der Waals surface area contributed by atoms with Gasteiger partial charge in [-0.25, -0.2) is 0 Å². The highest BCUT2D eigenvalue weighted by Gasteiger charge is 2.28. The molecule has 0 aliphatic carbocycles. The first-order chi connectivity index (χ1) is 15.5. The first-order valence-corrected chi connectivity index (χ1v) is 13.6. The smallest absolute Gasteiger partial charge is 0.0725 e. The molecule has 4 nitrogen and oxygen atoms in total. The Hall–Kier alpha value is -1.37. The summed E-state index contributed by atoms with van der Waals surface area (Å²) in [7, 11) is 1.77. The Morgan fingerprint density at radius 1 is 1.28 bits per heavy atom. The van der Waals surface area contributed by atoms with E-state index in [2.05, 4.69) is 87.1 Å². The van der Waals surface area contributed by atoms with E-state index >= 15 is 0 Å². The number of nitrogens with one attached hydrogen (secondary N) is 1. The average molecular weight is 518 g/mol. The van der Waals surface area contributed by atoms with Gasteiger partial charge in [-0.3, -0.25) is 14.9 Å². The highest BCUT2D eigenvalue weighted by Crippen LogP contribution is 2.27. The average Bonchev–Trinajstić information content (AvgIpc) is 3.33. The Morgan fingerprint density at radius 3 is 2.81 bits per heavy atom. The molecule has 6 heteroatoms. The number of allylic oxidation sites excluding steroid dienone is 4. The van der Waals surface area contributed by atoms with Crippen LogP contribution in [0.2, 0.25) is 0 Å². The lowest BCUT2D eigenvalue weighted by Gasteiger charge is -2.36. The SMILES string of the molecule is CN=C/C(Br)=C(C)/N=C(\C=C(/C)NCC1CCCN(C2CCSC2)C1)c1ccccc1C. The second-order valence-corrected chi connectivity index (χ2v) is 10.9. The molecule has 2 heterocycles. The van der Waals surface area contributed by atoms with Crippen LogP contribution in [0.3, 0.4) is 0 Å². The van der Waals surface area contributed by atoms with Crippen molar-refractivity contribution in [3.63, 3.8) is 0 Å². The number of aliphatic imine (C=N–C) groups is 2. The molecule has 2 saturated heterocycles. The Labute approximate surface area is 206 Å². The number of hydrogen-bond donors (Lipinski definition) is 1. The molecular formula is C26H37BrN4S. The van der Waals surface area contributed by atoms with Crippen LogP contribution in [-0.4, -0.2) is 61.1 Å². The second kappa shape index (κ2) is 12.8. The fourth-order valence-electron chi connectivity index (χ4n) is 4.44. The van der Waals surface area contributed by atoms with Gasteiger partial charge in [0.25, 0.3) is 0 Å². The normalized spacial score (nSPS) is 24.2. The number of piperidine rings is 1. The van der Waals surface area contributed by atoms with Crippen molar-refractivity contribution in [2.75, 3.05) is 38.2 Å². The van der Waals surface area contributed by atoms with Crippen LogP contribution in [0.5, 0.6) is 0 Å². The predicted molar refractivity (Wildman–Crippen MR) is 146 cm³/mol. The second-order valence-electron chi connectivity index (χ2n) is 8.86. The first-order valence-electron chi connectivity index (χ1n) is 11.6. The maximum atomic E-state index is 4.96. The molecule has 1 N–H and O–H groups in total. The van der Waals surface area contributed by atoms with Gasteiger partial charge in [0, 0.05) is 49.4 Å². The van der Waals surface area contributed by atoms with Gasteiger partial charge < -0.3 is 5.32 Å². The van der Waals surface area contributed by atoms with Gasteiger partial charge in [-0.2, -0.15) is 11.8 Å². The highest BCUT2D eigenvalue weighted by atomic mass is 79.9. The van der Waals surface area contributed by atoms with Crippen molar-refractivity contribution in [1.29, 1.82) is 0 Å². The summed E-state index contributed by atoms with van der Waals surface area (Å²) in [6.07, 6.45) is 7.99. The molecule has 2 aliphatic heterocycles. The summed E-state index contributed by atoms with van der Waals surface area (Å²) in [6, 6.07) is 9.24. The molecule has 2 fully saturated rings. The number of halogens is 1. The lowest BCUT2D eigenvalue weighted by Crippen LogP contribution is -2.45. The van der Waals surface area contributed by atoms with E-state index in [1.165, 1.54) is 49.4 Å². The monoisotopic (exact) mass is 516 g/mol. The molecule has 2 aliphatic rings. The lowest BCUT2D eigenvalue weighted by molar-refractivity contribution is 0.134. The van der Waals surface area contributed by atoms with Crippen molar-refractivity contribution >= 4 is 39.6 Å². The van der Waals surface area contributed by atoms with Gasteiger partial charge >= 0.3 is 0 Å². The van der Waals surface area contributed by atoms with Crippen molar-refractivity contribution in [1.82, 2.24) is 10.2 Å². The topological polar surface area (TPSA) is 40.0 Å². The van der Waals surface area contributed by atoms with Crippen LogP contribution in [0.4, 0.5) is 0 Å². The van der Waals surface area contributed by atoms with Gasteiger partial charge in [-0.1, -0.05) is 24.3 Å². The summed E-state index contributed by atoms with van der Waals surface area (Å²) in [5.74, 6) is 3.37. The number of thioether (sulfide) groups is 1. The molecule has 0 amide bonds. The van der Waals surface area contributed by atoms with Gasteiger partial charge in [-0.15, -0.1) is 0 Å². The summed E-state index contributed by atoms with van der Waals surface area (Å²) in [5, 5.41) is 3.71. The van der Waals surface area contributed by atoms with Gasteiger partial charge in [0.15, 0.2) is 0 Å². The largest absolute Gasteiger partial charge is 0.388 e. The highest BCUT2D eigenvalue weighted by molar-refractivity contribution is 9.12. The molecule has 1 aromatic rings. The Morgan fingerprint density at radius 2 is 2.09 bits per heavy atom. The van der Waals surface area contributed by atoms with Crippen molar-refractivity contribution < 1.29 is 0 Å². The summed E-state index contributed by atoms with van der Waals surface area (Å²) >= 11 is 5.70.